The van der Waals surface area contributed by atoms with Crippen LogP contribution in [0.4, 0.5) is 0 Å². The third-order valence-electron chi connectivity index (χ3n) is 13.9. The van der Waals surface area contributed by atoms with Gasteiger partial charge in [0.2, 0.25) is 65.0 Å². The highest BCUT2D eigenvalue weighted by Crippen LogP contribution is 2.14. The number of carbonyl (C=O) groups excluding carboxylic acids is 11. The topological polar surface area (TPSA) is 470 Å². The molecule has 496 valence electrons. The van der Waals surface area contributed by atoms with Crippen molar-refractivity contribution in [2.45, 2.75) is 179 Å². The van der Waals surface area contributed by atoms with Gasteiger partial charge in [0, 0.05) is 19.3 Å². The molecule has 0 bridgehead atoms. The molecule has 2 aromatic rings. The minimum Gasteiger partial charge on any atom is -0.480 e. The van der Waals surface area contributed by atoms with Crippen LogP contribution in [0, 0.1) is 11.8 Å². The number of aliphatic hydroxyl groups excluding tert-OH is 1. The highest BCUT2D eigenvalue weighted by molar-refractivity contribution is 7.98. The van der Waals surface area contributed by atoms with Crippen molar-refractivity contribution in [1.82, 2.24) is 53.2 Å². The monoisotopic (exact) mass is 1270 g/mol. The molecule has 0 saturated carbocycles. The average molecular weight is 1270 g/mol. The summed E-state index contributed by atoms with van der Waals surface area (Å²) in [7, 11) is 0. The number of carboxylic acid groups (broad SMARTS) is 1. The highest BCUT2D eigenvalue weighted by atomic mass is 32.2. The minimum atomic E-state index is -1.68. The van der Waals surface area contributed by atoms with Crippen LogP contribution < -0.4 is 76.1 Å². The van der Waals surface area contributed by atoms with Gasteiger partial charge in [-0.1, -0.05) is 88.4 Å². The lowest BCUT2D eigenvalue weighted by atomic mass is 10.00. The number of carbonyl (C=O) groups is 12. The number of nitrogens with one attached hydrogen (secondary N) is 10. The van der Waals surface area contributed by atoms with E-state index in [1.54, 1.807) is 80.8 Å². The standard InChI is InChI=1S/C60H96N14O14S/c1-35(2)29-44(66-50(77)33-65-52(79)46(71-51(78)37(5)63)31-38-17-9-7-10-18-38)57(84)73-47(32-39-19-11-8-12-20-39)59(86)70-43(25-28-89-6)56(83)72-45(30-36(3)4)58(85)69-42(23-24-49(64)76)55(82)68-40(21-13-15-26-61)53(80)67-41(22-14-16-27-62)54(81)74-48(34-75)60(87)88/h7-12,17-20,35-37,40-48,75H,13-16,21-34,61-63H2,1-6H3,(H2,64,76)(H,65,79)(H,66,77)(H,67,80)(H,68,82)(H,69,85)(H,70,86)(H,71,78)(H,72,83)(H,73,84)(H,74,81)(H,87,88)/t37-,40-,41-,42-,43-,44-,45-,46-,47-,48-/m0/s1. The van der Waals surface area contributed by atoms with Crippen LogP contribution in [0.15, 0.2) is 60.7 Å². The molecule has 0 fully saturated rings. The fourth-order valence-corrected chi connectivity index (χ4v) is 9.51. The van der Waals surface area contributed by atoms with Crippen molar-refractivity contribution in [2.75, 3.05) is 38.2 Å². The number of hydrogen-bond donors (Lipinski definition) is 16. The van der Waals surface area contributed by atoms with Crippen molar-refractivity contribution in [3.63, 3.8) is 0 Å². The van der Waals surface area contributed by atoms with Crippen molar-refractivity contribution in [3.8, 4) is 0 Å². The maximum atomic E-state index is 14.6. The Balaban J connectivity index is 2.45. The van der Waals surface area contributed by atoms with Gasteiger partial charge in [0.1, 0.15) is 54.4 Å². The lowest BCUT2D eigenvalue weighted by Crippen LogP contribution is -2.60. The van der Waals surface area contributed by atoms with E-state index in [1.807, 2.05) is 13.8 Å². The van der Waals surface area contributed by atoms with E-state index >= 15 is 0 Å². The van der Waals surface area contributed by atoms with E-state index in [0.29, 0.717) is 37.0 Å². The molecule has 0 spiro atoms. The summed E-state index contributed by atoms with van der Waals surface area (Å²) in [5, 5.41) is 45.0. The first-order valence-electron chi connectivity index (χ1n) is 30.1. The SMILES string of the molecule is CSCC[C@H](NC(=O)[C@H](Cc1ccccc1)NC(=O)[C@H](CC(C)C)NC(=O)CNC(=O)[C@H](Cc1ccccc1)NC(=O)[C@H](C)N)C(=O)N[C@@H](CC(C)C)C(=O)N[C@@H](CCC(N)=O)C(=O)N[C@@H](CCCCN)C(=O)N[C@@H](CCCCN)C(=O)N[C@@H](CO)C(=O)O. The Kier molecular flexibility index (Phi) is 36.7. The molecule has 20 N–H and O–H groups in total. The first-order chi connectivity index (χ1) is 42.2. The third-order valence-corrected chi connectivity index (χ3v) is 14.5. The number of primary amides is 1. The molecule has 0 unspecified atom stereocenters. The Morgan fingerprint density at radius 3 is 1.21 bits per heavy atom. The number of hydrogen-bond acceptors (Lipinski definition) is 17. The third kappa shape index (κ3) is 30.8. The Labute approximate surface area is 525 Å². The summed E-state index contributed by atoms with van der Waals surface area (Å²) in [5.74, 6) is -10.4. The van der Waals surface area contributed by atoms with Gasteiger partial charge in [-0.25, -0.2) is 4.79 Å². The summed E-state index contributed by atoms with van der Waals surface area (Å²) in [4.78, 5) is 163. The fraction of sp³-hybridized carbons (Fsp3) is 0.600. The molecule has 89 heavy (non-hydrogen) atoms. The van der Waals surface area contributed by atoms with Gasteiger partial charge < -0.3 is 86.3 Å². The number of benzene rings is 2. The normalized spacial score (nSPS) is 14.5. The van der Waals surface area contributed by atoms with Crippen molar-refractivity contribution >= 4 is 82.7 Å². The first kappa shape index (κ1) is 77.4. The summed E-state index contributed by atoms with van der Waals surface area (Å²) in [6.07, 6.45) is 2.62. The van der Waals surface area contributed by atoms with Crippen molar-refractivity contribution in [2.24, 2.45) is 34.8 Å². The van der Waals surface area contributed by atoms with E-state index in [2.05, 4.69) is 53.2 Å². The number of aliphatic carboxylic acids is 1. The average Bonchev–Trinajstić information content (AvgIpc) is 3.69. The van der Waals surface area contributed by atoms with E-state index in [9.17, 15) is 67.7 Å². The number of carboxylic acids is 1. The minimum absolute atomic E-state index is 0.000599. The molecular formula is C60H96N14O14S. The highest BCUT2D eigenvalue weighted by Gasteiger charge is 2.36. The Bertz CT molecular complexity index is 2600. The van der Waals surface area contributed by atoms with E-state index in [-0.39, 0.29) is 76.3 Å². The molecule has 0 heterocycles. The predicted octanol–water partition coefficient (Wildman–Crippen LogP) is -2.26. The second-order valence-electron chi connectivity index (χ2n) is 22.6. The summed E-state index contributed by atoms with van der Waals surface area (Å²) >= 11 is 1.36. The molecule has 0 aliphatic heterocycles. The van der Waals surface area contributed by atoms with Crippen molar-refractivity contribution < 1.29 is 67.7 Å². The van der Waals surface area contributed by atoms with Crippen LogP contribution in [0.3, 0.4) is 0 Å². The molecule has 10 atom stereocenters. The summed E-state index contributed by atoms with van der Waals surface area (Å²) < 4.78 is 0. The zero-order valence-corrected chi connectivity index (χ0v) is 52.8. The van der Waals surface area contributed by atoms with Gasteiger partial charge in [-0.2, -0.15) is 11.8 Å². The largest absolute Gasteiger partial charge is 0.480 e. The Hall–Kier alpha value is -7.73. The van der Waals surface area contributed by atoms with E-state index < -0.39 is 151 Å². The van der Waals surface area contributed by atoms with E-state index in [4.69, 9.17) is 22.9 Å². The van der Waals surface area contributed by atoms with Gasteiger partial charge in [-0.05, 0) is 119 Å². The Morgan fingerprint density at radius 1 is 0.461 bits per heavy atom. The lowest BCUT2D eigenvalue weighted by Gasteiger charge is -2.29. The van der Waals surface area contributed by atoms with Crippen molar-refractivity contribution in [1.29, 1.82) is 0 Å². The molecule has 0 aliphatic carbocycles. The predicted molar refractivity (Wildman–Crippen MR) is 335 cm³/mol. The maximum absolute atomic E-state index is 14.6. The molecule has 0 aromatic heterocycles. The number of amides is 11. The van der Waals surface area contributed by atoms with E-state index in [1.165, 1.54) is 18.7 Å². The molecule has 2 rings (SSSR count). The smallest absolute Gasteiger partial charge is 0.328 e. The first-order valence-corrected chi connectivity index (χ1v) is 31.5. The summed E-state index contributed by atoms with van der Waals surface area (Å²) in [6.45, 7) is 7.58. The number of nitrogens with two attached hydrogens (primary N) is 4. The Morgan fingerprint density at radius 2 is 0.820 bits per heavy atom. The summed E-state index contributed by atoms with van der Waals surface area (Å²) in [5.41, 5.74) is 24.0. The van der Waals surface area contributed by atoms with Crippen LogP contribution in [0.2, 0.25) is 0 Å². The number of unbranched alkanes of at least 4 members (excludes halogenated alkanes) is 2. The second kappa shape index (κ2) is 42.2. The molecular weight excluding hydrogens is 1170 g/mol. The molecule has 11 amide bonds. The zero-order valence-electron chi connectivity index (χ0n) is 51.9. The molecule has 2 aromatic carbocycles. The molecule has 29 heteroatoms. The van der Waals surface area contributed by atoms with Gasteiger partial charge in [0.25, 0.3) is 0 Å². The molecule has 0 radical (unpaired) electrons. The molecule has 0 aliphatic rings. The zero-order chi connectivity index (χ0) is 66.6. The van der Waals surface area contributed by atoms with Gasteiger partial charge in [0.05, 0.1) is 19.2 Å². The van der Waals surface area contributed by atoms with Crippen molar-refractivity contribution in [3.05, 3.63) is 71.8 Å². The van der Waals surface area contributed by atoms with Crippen LogP contribution in [-0.4, -0.2) is 180 Å². The molecule has 28 nitrogen and oxygen atoms in total. The van der Waals surface area contributed by atoms with E-state index in [0.717, 1.165) is 5.56 Å². The van der Waals surface area contributed by atoms with Crippen LogP contribution in [-0.2, 0) is 70.4 Å². The van der Waals surface area contributed by atoms with Gasteiger partial charge in [-0.3, -0.25) is 52.7 Å². The quantitative estimate of drug-likeness (QED) is 0.0312. The number of rotatable bonds is 44. The fourth-order valence-electron chi connectivity index (χ4n) is 9.04. The van der Waals surface area contributed by atoms with Gasteiger partial charge in [-0.15, -0.1) is 0 Å². The number of aliphatic hydroxyl groups is 1. The van der Waals surface area contributed by atoms with Crippen LogP contribution in [0.5, 0.6) is 0 Å². The van der Waals surface area contributed by atoms with Crippen LogP contribution in [0.1, 0.15) is 116 Å². The second-order valence-corrected chi connectivity index (χ2v) is 23.6. The summed E-state index contributed by atoms with van der Waals surface area (Å²) in [6, 6.07) is 4.38. The van der Waals surface area contributed by atoms with Crippen LogP contribution >= 0.6 is 11.8 Å². The molecule has 0 saturated heterocycles. The van der Waals surface area contributed by atoms with Gasteiger partial charge >= 0.3 is 5.97 Å². The number of thioether (sulfide) groups is 1. The maximum Gasteiger partial charge on any atom is 0.328 e. The van der Waals surface area contributed by atoms with Crippen LogP contribution in [0.25, 0.3) is 0 Å². The van der Waals surface area contributed by atoms with Gasteiger partial charge in [0.15, 0.2) is 0 Å². The lowest BCUT2D eigenvalue weighted by molar-refractivity contribution is -0.143.